The van der Waals surface area contributed by atoms with Crippen molar-refractivity contribution in [3.63, 3.8) is 0 Å². The number of amides is 1. The van der Waals surface area contributed by atoms with Crippen LogP contribution in [-0.2, 0) is 10.0 Å². The lowest BCUT2D eigenvalue weighted by Crippen LogP contribution is -2.52. The number of aromatic hydroxyl groups is 1. The summed E-state index contributed by atoms with van der Waals surface area (Å²) in [4.78, 5) is 15.7. The molecular weight excluding hydrogens is 418 g/mol. The number of aryl methyl sites for hydroxylation is 1. The van der Waals surface area contributed by atoms with E-state index < -0.39 is 22.1 Å². The summed E-state index contributed by atoms with van der Waals surface area (Å²) in [5.41, 5.74) is 2.00. The van der Waals surface area contributed by atoms with Crippen molar-refractivity contribution in [2.45, 2.75) is 18.0 Å². The lowest BCUT2D eigenvalue weighted by atomic mass is 10.0. The zero-order valence-corrected chi connectivity index (χ0v) is 17.7. The lowest BCUT2D eigenvalue weighted by Gasteiger charge is -2.37. The largest absolute Gasteiger partial charge is 0.504 e. The Balaban J connectivity index is 1.80. The van der Waals surface area contributed by atoms with Crippen LogP contribution in [0.15, 0.2) is 71.6 Å². The first kappa shape index (κ1) is 20.7. The number of hydrogen-bond acceptors (Lipinski definition) is 6. The molecule has 4 rings (SSSR count). The maximum absolute atomic E-state index is 13.3. The van der Waals surface area contributed by atoms with Crippen molar-refractivity contribution in [1.29, 1.82) is 0 Å². The summed E-state index contributed by atoms with van der Waals surface area (Å²) in [5.74, 6) is -0.557. The first-order valence-electron chi connectivity index (χ1n) is 9.46. The Hall–Kier alpha value is -3.56. The van der Waals surface area contributed by atoms with Crippen LogP contribution in [0.25, 0.3) is 0 Å². The fourth-order valence-corrected chi connectivity index (χ4v) is 4.44. The molecule has 0 saturated carbocycles. The number of para-hydroxylation sites is 2. The van der Waals surface area contributed by atoms with Crippen molar-refractivity contribution in [2.75, 3.05) is 12.4 Å². The number of hydrazine groups is 1. The summed E-state index contributed by atoms with van der Waals surface area (Å²) in [6.07, 6.45) is -1.02. The number of rotatable bonds is 5. The molecule has 31 heavy (non-hydrogen) atoms. The van der Waals surface area contributed by atoms with Gasteiger partial charge in [0.2, 0.25) is 0 Å². The van der Waals surface area contributed by atoms with Gasteiger partial charge in [-0.05, 0) is 37.3 Å². The number of phenolic OH excluding ortho intramolecular Hbond substituents is 1. The van der Waals surface area contributed by atoms with Crippen molar-refractivity contribution >= 4 is 21.6 Å². The summed E-state index contributed by atoms with van der Waals surface area (Å²) in [6.45, 7) is 1.85. The molecule has 3 aromatic carbocycles. The molecule has 1 amide bonds. The van der Waals surface area contributed by atoms with E-state index in [4.69, 9.17) is 4.74 Å². The Labute approximate surface area is 180 Å². The highest BCUT2D eigenvalue weighted by Gasteiger charge is 2.37. The Morgan fingerprint density at radius 3 is 2.45 bits per heavy atom. The molecule has 0 fully saturated rings. The Morgan fingerprint density at radius 2 is 1.74 bits per heavy atom. The zero-order chi connectivity index (χ0) is 22.2. The van der Waals surface area contributed by atoms with Gasteiger partial charge in [-0.3, -0.25) is 4.79 Å². The van der Waals surface area contributed by atoms with Gasteiger partial charge in [0.1, 0.15) is 6.17 Å². The third kappa shape index (κ3) is 3.80. The molecule has 8 nitrogen and oxygen atoms in total. The van der Waals surface area contributed by atoms with Gasteiger partial charge in [-0.15, -0.1) is 4.83 Å². The maximum atomic E-state index is 13.3. The van der Waals surface area contributed by atoms with E-state index in [-0.39, 0.29) is 22.0 Å². The summed E-state index contributed by atoms with van der Waals surface area (Å²) in [7, 11) is -2.67. The predicted molar refractivity (Wildman–Crippen MR) is 115 cm³/mol. The van der Waals surface area contributed by atoms with Gasteiger partial charge in [-0.2, -0.15) is 0 Å². The van der Waals surface area contributed by atoms with Crippen LogP contribution in [0.1, 0.15) is 27.7 Å². The minimum Gasteiger partial charge on any atom is -0.504 e. The highest BCUT2D eigenvalue weighted by Crippen LogP contribution is 2.39. The van der Waals surface area contributed by atoms with Gasteiger partial charge in [-0.25, -0.2) is 13.4 Å². The third-order valence-corrected chi connectivity index (χ3v) is 6.35. The van der Waals surface area contributed by atoms with Crippen LogP contribution < -0.4 is 14.9 Å². The molecule has 1 heterocycles. The molecule has 0 spiro atoms. The van der Waals surface area contributed by atoms with E-state index in [1.165, 1.54) is 19.2 Å². The summed E-state index contributed by atoms with van der Waals surface area (Å²) >= 11 is 0. The van der Waals surface area contributed by atoms with Crippen LogP contribution in [0, 0.1) is 6.92 Å². The Morgan fingerprint density at radius 1 is 1.03 bits per heavy atom. The van der Waals surface area contributed by atoms with Crippen LogP contribution in [0.5, 0.6) is 11.5 Å². The number of methoxy groups -OCH3 is 1. The molecule has 3 aromatic rings. The van der Waals surface area contributed by atoms with Crippen molar-refractivity contribution in [1.82, 2.24) is 9.84 Å². The van der Waals surface area contributed by atoms with E-state index >= 15 is 0 Å². The number of nitrogens with zero attached hydrogens (tertiary/aromatic N) is 1. The van der Waals surface area contributed by atoms with E-state index in [1.54, 1.807) is 54.6 Å². The molecule has 3 N–H and O–H groups in total. The molecule has 0 bridgehead atoms. The van der Waals surface area contributed by atoms with E-state index in [2.05, 4.69) is 10.1 Å². The molecule has 1 atom stereocenters. The van der Waals surface area contributed by atoms with Crippen molar-refractivity contribution in [2.24, 2.45) is 0 Å². The van der Waals surface area contributed by atoms with Crippen molar-refractivity contribution in [3.05, 3.63) is 83.4 Å². The lowest BCUT2D eigenvalue weighted by molar-refractivity contribution is 0.0630. The minimum atomic E-state index is -4.08. The van der Waals surface area contributed by atoms with Crippen LogP contribution >= 0.6 is 0 Å². The second-order valence-corrected chi connectivity index (χ2v) is 8.73. The third-order valence-electron chi connectivity index (χ3n) is 5.02. The number of carbonyl (C=O) groups is 1. The smallest absolute Gasteiger partial charge is 0.273 e. The number of sulfonamides is 1. The molecule has 0 saturated heterocycles. The number of carbonyl (C=O) groups excluding carboxylic acids is 1. The highest BCUT2D eigenvalue weighted by atomic mass is 32.2. The number of hydrogen-bond donors (Lipinski definition) is 3. The second-order valence-electron chi connectivity index (χ2n) is 7.07. The predicted octanol–water partition coefficient (Wildman–Crippen LogP) is 3.17. The summed E-state index contributed by atoms with van der Waals surface area (Å²) < 4.78 is 31.2. The van der Waals surface area contributed by atoms with Crippen molar-refractivity contribution < 1.29 is 23.1 Å². The monoisotopic (exact) mass is 439 g/mol. The average molecular weight is 439 g/mol. The van der Waals surface area contributed by atoms with Gasteiger partial charge in [-0.1, -0.05) is 42.0 Å². The van der Waals surface area contributed by atoms with E-state index in [9.17, 15) is 18.3 Å². The molecule has 0 aromatic heterocycles. The van der Waals surface area contributed by atoms with Crippen LogP contribution in [0.2, 0.25) is 0 Å². The van der Waals surface area contributed by atoms with Gasteiger partial charge in [0.05, 0.1) is 17.6 Å². The average Bonchev–Trinajstić information content (AvgIpc) is 2.76. The fourth-order valence-electron chi connectivity index (χ4n) is 3.39. The maximum Gasteiger partial charge on any atom is 0.273 e. The highest BCUT2D eigenvalue weighted by molar-refractivity contribution is 7.89. The molecule has 1 aliphatic heterocycles. The number of ether oxygens (including phenoxy) is 1. The van der Waals surface area contributed by atoms with Gasteiger partial charge in [0, 0.05) is 11.3 Å². The van der Waals surface area contributed by atoms with Crippen LogP contribution in [-0.4, -0.2) is 31.6 Å². The molecule has 9 heteroatoms. The number of fused-ring (bicyclic) bond motifs is 1. The first-order valence-corrected chi connectivity index (χ1v) is 10.9. The SMILES string of the molecule is COc1cccc([C@@H]2Nc3ccccc3C(=O)N2NS(=O)(=O)c2ccc(C)cc2)c1O. The zero-order valence-electron chi connectivity index (χ0n) is 16.9. The fraction of sp³-hybridized carbons (Fsp3) is 0.136. The van der Waals surface area contributed by atoms with E-state index in [0.717, 1.165) is 10.6 Å². The normalized spacial score (nSPS) is 15.9. The molecular formula is C22H21N3O5S. The van der Waals surface area contributed by atoms with Gasteiger partial charge in [0.15, 0.2) is 11.5 Å². The minimum absolute atomic E-state index is 0.0124. The van der Waals surface area contributed by atoms with Gasteiger partial charge < -0.3 is 15.2 Å². The molecule has 0 aliphatic carbocycles. The topological polar surface area (TPSA) is 108 Å². The molecule has 0 radical (unpaired) electrons. The first-order chi connectivity index (χ1) is 14.8. The molecule has 160 valence electrons. The quantitative estimate of drug-likeness (QED) is 0.564. The van der Waals surface area contributed by atoms with Crippen molar-refractivity contribution in [3.8, 4) is 11.5 Å². The standard InChI is InChI=1S/C22H21N3O5S/c1-14-10-12-15(13-11-14)31(28,29)24-25-21(17-7-5-9-19(30-2)20(17)26)23-18-8-4-3-6-16(18)22(25)27/h3-13,21,23-24,26H,1-2H3/t21-/m1/s1. The van der Waals surface area contributed by atoms with Gasteiger partial charge >= 0.3 is 0 Å². The number of nitrogens with one attached hydrogen (secondary N) is 2. The Bertz CT molecular complexity index is 1240. The number of benzene rings is 3. The van der Waals surface area contributed by atoms with Crippen LogP contribution in [0.3, 0.4) is 0 Å². The van der Waals surface area contributed by atoms with Gasteiger partial charge in [0.25, 0.3) is 15.9 Å². The molecule has 1 aliphatic rings. The number of phenols is 1. The Kier molecular flexibility index (Phi) is 5.30. The van der Waals surface area contributed by atoms with E-state index in [0.29, 0.717) is 11.3 Å². The summed E-state index contributed by atoms with van der Waals surface area (Å²) in [5, 5.41) is 14.8. The van der Waals surface area contributed by atoms with E-state index in [1.807, 2.05) is 6.92 Å². The number of anilines is 1. The summed E-state index contributed by atoms with van der Waals surface area (Å²) in [6, 6.07) is 17.8. The van der Waals surface area contributed by atoms with Crippen LogP contribution in [0.4, 0.5) is 5.69 Å². The second kappa shape index (κ2) is 7.93. The molecule has 0 unspecified atom stereocenters.